The van der Waals surface area contributed by atoms with Crippen LogP contribution in [0, 0.1) is 0 Å². The molecule has 0 amide bonds. The van der Waals surface area contributed by atoms with Crippen molar-refractivity contribution in [2.24, 2.45) is 0 Å². The van der Waals surface area contributed by atoms with E-state index in [1.807, 2.05) is 35.2 Å². The molecule has 0 spiro atoms. The van der Waals surface area contributed by atoms with Gasteiger partial charge < -0.3 is 9.84 Å². The molecule has 1 heterocycles. The first kappa shape index (κ1) is 16.8. The lowest BCUT2D eigenvalue weighted by Gasteiger charge is -2.18. The maximum absolute atomic E-state index is 12.7. The molecule has 0 aliphatic carbocycles. The summed E-state index contributed by atoms with van der Waals surface area (Å²) in [6.07, 6.45) is -5.69. The molecule has 6 heteroatoms. The molecule has 0 radical (unpaired) electrons. The number of ether oxygens (including phenoxy) is 1. The normalized spacial score (nSPS) is 21.8. The van der Waals surface area contributed by atoms with Crippen LogP contribution in [0.1, 0.15) is 11.1 Å². The van der Waals surface area contributed by atoms with Crippen LogP contribution in [0.2, 0.25) is 0 Å². The first-order valence-corrected chi connectivity index (χ1v) is 7.70. The Morgan fingerprint density at radius 2 is 1.79 bits per heavy atom. The number of aliphatic hydroxyl groups excluding tert-OH is 1. The number of halogens is 3. The van der Waals surface area contributed by atoms with Crippen molar-refractivity contribution in [3.63, 3.8) is 0 Å². The van der Waals surface area contributed by atoms with Crippen LogP contribution < -0.4 is 4.74 Å². The molecule has 2 aromatic carbocycles. The van der Waals surface area contributed by atoms with Crippen molar-refractivity contribution in [1.29, 1.82) is 0 Å². The van der Waals surface area contributed by atoms with Gasteiger partial charge in [-0.1, -0.05) is 36.4 Å². The van der Waals surface area contributed by atoms with Crippen LogP contribution >= 0.6 is 0 Å². The molecule has 2 aromatic rings. The monoisotopic (exact) mass is 337 g/mol. The molecule has 0 bridgehead atoms. The molecule has 1 aliphatic heterocycles. The van der Waals surface area contributed by atoms with E-state index in [1.54, 1.807) is 0 Å². The second-order valence-corrected chi connectivity index (χ2v) is 5.93. The van der Waals surface area contributed by atoms with E-state index in [9.17, 15) is 18.3 Å². The summed E-state index contributed by atoms with van der Waals surface area (Å²) in [5.41, 5.74) is 0.359. The van der Waals surface area contributed by atoms with E-state index in [0.29, 0.717) is 19.6 Å². The van der Waals surface area contributed by atoms with Gasteiger partial charge in [-0.05, 0) is 23.8 Å². The molecule has 1 N–H and O–H groups in total. The van der Waals surface area contributed by atoms with Gasteiger partial charge >= 0.3 is 6.18 Å². The Morgan fingerprint density at radius 3 is 2.50 bits per heavy atom. The largest absolute Gasteiger partial charge is 0.486 e. The van der Waals surface area contributed by atoms with Gasteiger partial charge in [-0.25, -0.2) is 0 Å². The van der Waals surface area contributed by atoms with Crippen molar-refractivity contribution in [3.8, 4) is 5.75 Å². The summed E-state index contributed by atoms with van der Waals surface area (Å²) < 4.78 is 43.8. The van der Waals surface area contributed by atoms with Gasteiger partial charge in [0.1, 0.15) is 18.0 Å². The van der Waals surface area contributed by atoms with Crippen LogP contribution in [0.5, 0.6) is 5.75 Å². The number of alkyl halides is 3. The minimum Gasteiger partial charge on any atom is -0.486 e. The first-order valence-electron chi connectivity index (χ1n) is 7.70. The van der Waals surface area contributed by atoms with Gasteiger partial charge in [0.15, 0.2) is 0 Å². The molecule has 0 aromatic heterocycles. The van der Waals surface area contributed by atoms with Crippen molar-refractivity contribution >= 4 is 0 Å². The molecular weight excluding hydrogens is 319 g/mol. The fraction of sp³-hybridized carbons (Fsp3) is 0.333. The van der Waals surface area contributed by atoms with E-state index >= 15 is 0 Å². The number of aliphatic hydroxyl groups is 1. The van der Waals surface area contributed by atoms with E-state index < -0.39 is 23.9 Å². The second kappa shape index (κ2) is 6.83. The second-order valence-electron chi connectivity index (χ2n) is 5.93. The summed E-state index contributed by atoms with van der Waals surface area (Å²) in [6.45, 7) is 1.56. The highest BCUT2D eigenvalue weighted by molar-refractivity contribution is 5.30. The van der Waals surface area contributed by atoms with Crippen LogP contribution in [0.15, 0.2) is 54.6 Å². The minimum atomic E-state index is -4.41. The summed E-state index contributed by atoms with van der Waals surface area (Å²) in [5.74, 6) is 0.121. The number of likely N-dealkylation sites (tertiary alicyclic amines) is 1. The van der Waals surface area contributed by atoms with E-state index in [-0.39, 0.29) is 5.75 Å². The zero-order valence-corrected chi connectivity index (χ0v) is 12.9. The van der Waals surface area contributed by atoms with Gasteiger partial charge in [-0.3, -0.25) is 4.90 Å². The lowest BCUT2D eigenvalue weighted by Crippen LogP contribution is -2.30. The fourth-order valence-electron chi connectivity index (χ4n) is 2.84. The van der Waals surface area contributed by atoms with Crippen LogP contribution in [-0.4, -0.2) is 35.3 Å². The third-order valence-electron chi connectivity index (χ3n) is 4.01. The Bertz CT molecular complexity index is 675. The Labute approximate surface area is 138 Å². The number of benzene rings is 2. The van der Waals surface area contributed by atoms with Crippen LogP contribution in [-0.2, 0) is 12.7 Å². The van der Waals surface area contributed by atoms with Gasteiger partial charge in [0.05, 0.1) is 5.56 Å². The topological polar surface area (TPSA) is 32.7 Å². The van der Waals surface area contributed by atoms with Crippen LogP contribution in [0.3, 0.4) is 0 Å². The minimum absolute atomic E-state index is 0.121. The van der Waals surface area contributed by atoms with Gasteiger partial charge in [0.25, 0.3) is 0 Å². The quantitative estimate of drug-likeness (QED) is 0.929. The molecule has 1 saturated heterocycles. The van der Waals surface area contributed by atoms with Crippen LogP contribution in [0.25, 0.3) is 0 Å². The maximum Gasteiger partial charge on any atom is 0.416 e. The highest BCUT2D eigenvalue weighted by Crippen LogP contribution is 2.32. The average Bonchev–Trinajstić information content (AvgIpc) is 2.87. The number of hydrogen-bond acceptors (Lipinski definition) is 3. The first-order chi connectivity index (χ1) is 11.4. The average molecular weight is 337 g/mol. The summed E-state index contributed by atoms with van der Waals surface area (Å²) in [7, 11) is 0. The Kier molecular flexibility index (Phi) is 4.78. The van der Waals surface area contributed by atoms with Crippen molar-refractivity contribution in [3.05, 3.63) is 65.7 Å². The molecule has 1 fully saturated rings. The highest BCUT2D eigenvalue weighted by atomic mass is 19.4. The number of nitrogens with zero attached hydrogens (tertiary/aromatic N) is 1. The van der Waals surface area contributed by atoms with Gasteiger partial charge in [-0.2, -0.15) is 13.2 Å². The van der Waals surface area contributed by atoms with Crippen molar-refractivity contribution in [2.45, 2.75) is 24.9 Å². The van der Waals surface area contributed by atoms with Gasteiger partial charge in [0.2, 0.25) is 0 Å². The van der Waals surface area contributed by atoms with E-state index in [1.165, 1.54) is 12.1 Å². The van der Waals surface area contributed by atoms with Gasteiger partial charge in [0, 0.05) is 19.6 Å². The molecular formula is C18H18F3NO2. The summed E-state index contributed by atoms with van der Waals surface area (Å²) >= 11 is 0. The Morgan fingerprint density at radius 1 is 1.04 bits per heavy atom. The maximum atomic E-state index is 12.7. The summed E-state index contributed by atoms with van der Waals surface area (Å²) in [6, 6.07) is 14.6. The molecule has 24 heavy (non-hydrogen) atoms. The van der Waals surface area contributed by atoms with Crippen molar-refractivity contribution in [2.75, 3.05) is 13.1 Å². The fourth-order valence-corrected chi connectivity index (χ4v) is 2.84. The third-order valence-corrected chi connectivity index (χ3v) is 4.01. The lowest BCUT2D eigenvalue weighted by atomic mass is 10.2. The molecule has 2 atom stereocenters. The predicted molar refractivity (Wildman–Crippen MR) is 83.6 cm³/mol. The van der Waals surface area contributed by atoms with Crippen LogP contribution in [0.4, 0.5) is 13.2 Å². The van der Waals surface area contributed by atoms with E-state index in [0.717, 1.165) is 17.7 Å². The summed E-state index contributed by atoms with van der Waals surface area (Å²) in [5, 5.41) is 10.1. The molecule has 3 rings (SSSR count). The zero-order chi connectivity index (χ0) is 17.2. The number of β-amino-alcohol motifs (C(OH)–C–C–N with tert-alkyl or cyclic N) is 1. The van der Waals surface area contributed by atoms with E-state index in [4.69, 9.17) is 4.74 Å². The summed E-state index contributed by atoms with van der Waals surface area (Å²) in [4.78, 5) is 2.03. The zero-order valence-electron chi connectivity index (χ0n) is 12.9. The lowest BCUT2D eigenvalue weighted by molar-refractivity contribution is -0.137. The number of rotatable bonds is 4. The van der Waals surface area contributed by atoms with E-state index in [2.05, 4.69) is 0 Å². The van der Waals surface area contributed by atoms with Crippen molar-refractivity contribution in [1.82, 2.24) is 4.90 Å². The molecule has 128 valence electrons. The Hall–Kier alpha value is -2.05. The SMILES string of the molecule is O[C@H]1CN(Cc2ccccc2)C[C@@H]1Oc1cccc(C(F)(F)F)c1. The van der Waals surface area contributed by atoms with Crippen molar-refractivity contribution < 1.29 is 23.0 Å². The molecule has 0 unspecified atom stereocenters. The molecule has 1 aliphatic rings. The van der Waals surface area contributed by atoms with Gasteiger partial charge in [-0.15, -0.1) is 0 Å². The third kappa shape index (κ3) is 4.07. The smallest absolute Gasteiger partial charge is 0.416 e. The standard InChI is InChI=1S/C18H18F3NO2/c19-18(20,21)14-7-4-8-15(9-14)24-17-12-22(11-16(17)23)10-13-5-2-1-3-6-13/h1-9,16-17,23H,10-12H2/t16-,17-/m0/s1. The Balaban J connectivity index is 1.64. The molecule has 3 nitrogen and oxygen atoms in total. The molecule has 0 saturated carbocycles. The predicted octanol–water partition coefficient (Wildman–Crippen LogP) is 3.33. The number of hydrogen-bond donors (Lipinski definition) is 1. The highest BCUT2D eigenvalue weighted by Gasteiger charge is 2.34.